The molecule has 0 spiro atoms. The molecule has 2 heterocycles. The summed E-state index contributed by atoms with van der Waals surface area (Å²) in [5.41, 5.74) is 6.59. The van der Waals surface area contributed by atoms with E-state index >= 15 is 0 Å². The Bertz CT molecular complexity index is 447. The van der Waals surface area contributed by atoms with Gasteiger partial charge in [0.15, 0.2) is 0 Å². The zero-order chi connectivity index (χ0) is 10.1. The molecule has 0 saturated carbocycles. The van der Waals surface area contributed by atoms with Crippen molar-refractivity contribution in [3.05, 3.63) is 26.5 Å². The van der Waals surface area contributed by atoms with Crippen molar-refractivity contribution in [1.29, 1.82) is 0 Å². The summed E-state index contributed by atoms with van der Waals surface area (Å²) in [4.78, 5) is 6.91. The summed E-state index contributed by atoms with van der Waals surface area (Å²) in [6.45, 7) is 2.58. The van der Waals surface area contributed by atoms with Crippen LogP contribution in [-0.4, -0.2) is 4.98 Å². The molecule has 0 bridgehead atoms. The molecule has 5 heteroatoms. The van der Waals surface area contributed by atoms with Crippen LogP contribution in [0.5, 0.6) is 0 Å². The summed E-state index contributed by atoms with van der Waals surface area (Å²) in [5, 5.41) is 3.13. The van der Waals surface area contributed by atoms with Gasteiger partial charge in [-0.15, -0.1) is 22.7 Å². The van der Waals surface area contributed by atoms with E-state index in [-0.39, 0.29) is 0 Å². The Morgan fingerprint density at radius 3 is 2.86 bits per heavy atom. The van der Waals surface area contributed by atoms with Gasteiger partial charge >= 0.3 is 0 Å². The number of rotatable bonds is 2. The fraction of sp³-hybridized carbons (Fsp3) is 0.222. The third-order valence-electron chi connectivity index (χ3n) is 1.86. The maximum atomic E-state index is 5.59. The number of nitrogens with two attached hydrogens (primary N) is 1. The highest BCUT2D eigenvalue weighted by molar-refractivity contribution is 9.10. The quantitative estimate of drug-likeness (QED) is 0.920. The molecule has 74 valence electrons. The van der Waals surface area contributed by atoms with Gasteiger partial charge in [0.2, 0.25) is 0 Å². The lowest BCUT2D eigenvalue weighted by Crippen LogP contribution is -1.97. The maximum absolute atomic E-state index is 5.59. The van der Waals surface area contributed by atoms with Gasteiger partial charge in [-0.25, -0.2) is 4.98 Å². The number of hydrogen-bond acceptors (Lipinski definition) is 4. The highest BCUT2D eigenvalue weighted by Crippen LogP contribution is 2.33. The topological polar surface area (TPSA) is 38.9 Å². The molecular weight excluding hydrogens is 280 g/mol. The van der Waals surface area contributed by atoms with Crippen LogP contribution in [0.25, 0.3) is 9.88 Å². The molecule has 0 amide bonds. The standard InChI is InChI=1S/C9H9BrN2S2/c1-5-7(3-11)12-9(14-5)8-2-6(10)4-13-8/h2,4H,3,11H2,1H3. The molecule has 0 fully saturated rings. The van der Waals surface area contributed by atoms with Gasteiger partial charge in [-0.3, -0.25) is 0 Å². The smallest absolute Gasteiger partial charge is 0.133 e. The largest absolute Gasteiger partial charge is 0.325 e. The number of aryl methyl sites for hydroxylation is 1. The SMILES string of the molecule is Cc1sc(-c2cc(Br)cs2)nc1CN. The number of hydrogen-bond donors (Lipinski definition) is 1. The Labute approximate surface area is 98.9 Å². The van der Waals surface area contributed by atoms with Gasteiger partial charge in [0.25, 0.3) is 0 Å². The molecule has 0 radical (unpaired) electrons. The molecule has 2 aromatic rings. The predicted octanol–water partition coefficient (Wildman–Crippen LogP) is 3.40. The molecule has 14 heavy (non-hydrogen) atoms. The average Bonchev–Trinajstić information content (AvgIpc) is 2.71. The van der Waals surface area contributed by atoms with Gasteiger partial charge in [0, 0.05) is 21.3 Å². The highest BCUT2D eigenvalue weighted by atomic mass is 79.9. The Morgan fingerprint density at radius 2 is 2.36 bits per heavy atom. The zero-order valence-electron chi connectivity index (χ0n) is 7.58. The van der Waals surface area contributed by atoms with Gasteiger partial charge in [-0.2, -0.15) is 0 Å². The number of thiazole rings is 1. The molecule has 0 aromatic carbocycles. The number of halogens is 1. The molecule has 2 rings (SSSR count). The van der Waals surface area contributed by atoms with E-state index in [1.807, 2.05) is 0 Å². The average molecular weight is 289 g/mol. The van der Waals surface area contributed by atoms with Crippen LogP contribution in [0.3, 0.4) is 0 Å². The Hall–Kier alpha value is -0.230. The third-order valence-corrected chi connectivity index (χ3v) is 4.74. The van der Waals surface area contributed by atoms with Crippen molar-refractivity contribution >= 4 is 38.6 Å². The third kappa shape index (κ3) is 1.91. The van der Waals surface area contributed by atoms with Gasteiger partial charge in [0.05, 0.1) is 10.6 Å². The Morgan fingerprint density at radius 1 is 1.57 bits per heavy atom. The summed E-state index contributed by atoms with van der Waals surface area (Å²) in [6.07, 6.45) is 0. The van der Waals surface area contributed by atoms with Crippen molar-refractivity contribution in [1.82, 2.24) is 4.98 Å². The van der Waals surface area contributed by atoms with E-state index in [1.54, 1.807) is 22.7 Å². The highest BCUT2D eigenvalue weighted by Gasteiger charge is 2.09. The van der Waals surface area contributed by atoms with Gasteiger partial charge < -0.3 is 5.73 Å². The van der Waals surface area contributed by atoms with Crippen molar-refractivity contribution in [2.75, 3.05) is 0 Å². The predicted molar refractivity (Wildman–Crippen MR) is 65.8 cm³/mol. The van der Waals surface area contributed by atoms with E-state index in [4.69, 9.17) is 5.73 Å². The second-order valence-electron chi connectivity index (χ2n) is 2.86. The molecule has 2 aromatic heterocycles. The summed E-state index contributed by atoms with van der Waals surface area (Å²) in [7, 11) is 0. The summed E-state index contributed by atoms with van der Waals surface area (Å²) >= 11 is 6.83. The lowest BCUT2D eigenvalue weighted by molar-refractivity contribution is 0.999. The molecule has 0 aliphatic carbocycles. The number of thiophene rings is 1. The van der Waals surface area contributed by atoms with Crippen LogP contribution < -0.4 is 5.73 Å². The molecule has 0 atom stereocenters. The maximum Gasteiger partial charge on any atom is 0.133 e. The normalized spacial score (nSPS) is 10.8. The summed E-state index contributed by atoms with van der Waals surface area (Å²) < 4.78 is 1.11. The molecule has 0 aliphatic heterocycles. The number of aromatic nitrogens is 1. The van der Waals surface area contributed by atoms with Crippen LogP contribution in [0.1, 0.15) is 10.6 Å². The molecule has 2 N–H and O–H groups in total. The minimum Gasteiger partial charge on any atom is -0.325 e. The van der Waals surface area contributed by atoms with E-state index in [0.29, 0.717) is 6.54 Å². The lowest BCUT2D eigenvalue weighted by atomic mass is 10.4. The van der Waals surface area contributed by atoms with E-state index in [2.05, 4.69) is 39.3 Å². The zero-order valence-corrected chi connectivity index (χ0v) is 10.8. The van der Waals surface area contributed by atoms with Crippen LogP contribution in [0, 0.1) is 6.92 Å². The molecular formula is C9H9BrN2S2. The van der Waals surface area contributed by atoms with Crippen molar-refractivity contribution < 1.29 is 0 Å². The van der Waals surface area contributed by atoms with E-state index in [9.17, 15) is 0 Å². The Kier molecular flexibility index (Phi) is 3.02. The second kappa shape index (κ2) is 4.10. The van der Waals surface area contributed by atoms with Gasteiger partial charge in [-0.1, -0.05) is 0 Å². The summed E-state index contributed by atoms with van der Waals surface area (Å²) in [6, 6.07) is 2.09. The lowest BCUT2D eigenvalue weighted by Gasteiger charge is -1.87. The van der Waals surface area contributed by atoms with Crippen molar-refractivity contribution in [3.63, 3.8) is 0 Å². The molecule has 0 aliphatic rings. The van der Waals surface area contributed by atoms with Gasteiger partial charge in [-0.05, 0) is 28.9 Å². The first-order valence-electron chi connectivity index (χ1n) is 4.11. The Balaban J connectivity index is 2.42. The van der Waals surface area contributed by atoms with Crippen LogP contribution in [0.4, 0.5) is 0 Å². The fourth-order valence-electron chi connectivity index (χ4n) is 1.15. The van der Waals surface area contributed by atoms with Crippen molar-refractivity contribution in [2.24, 2.45) is 5.73 Å². The van der Waals surface area contributed by atoms with Crippen LogP contribution in [-0.2, 0) is 6.54 Å². The monoisotopic (exact) mass is 288 g/mol. The van der Waals surface area contributed by atoms with E-state index in [1.165, 1.54) is 9.75 Å². The minimum atomic E-state index is 0.523. The first kappa shape index (κ1) is 10.3. The van der Waals surface area contributed by atoms with E-state index < -0.39 is 0 Å². The minimum absolute atomic E-state index is 0.523. The van der Waals surface area contributed by atoms with Crippen LogP contribution >= 0.6 is 38.6 Å². The first-order chi connectivity index (χ1) is 6.70. The van der Waals surface area contributed by atoms with Crippen molar-refractivity contribution in [2.45, 2.75) is 13.5 Å². The second-order valence-corrected chi connectivity index (χ2v) is 5.89. The van der Waals surface area contributed by atoms with Crippen LogP contribution in [0.2, 0.25) is 0 Å². The first-order valence-corrected chi connectivity index (χ1v) is 6.60. The van der Waals surface area contributed by atoms with Crippen LogP contribution in [0.15, 0.2) is 15.9 Å². The number of nitrogens with zero attached hydrogens (tertiary/aromatic N) is 1. The molecule has 2 nitrogen and oxygen atoms in total. The van der Waals surface area contributed by atoms with Crippen molar-refractivity contribution in [3.8, 4) is 9.88 Å². The molecule has 0 saturated heterocycles. The molecule has 0 unspecified atom stereocenters. The fourth-order valence-corrected chi connectivity index (χ4v) is 3.58. The summed E-state index contributed by atoms with van der Waals surface area (Å²) in [5.74, 6) is 0. The van der Waals surface area contributed by atoms with E-state index in [0.717, 1.165) is 15.2 Å². The van der Waals surface area contributed by atoms with Gasteiger partial charge in [0.1, 0.15) is 5.01 Å².